The maximum Gasteiger partial charge on any atom is 0.142 e. The van der Waals surface area contributed by atoms with E-state index >= 15 is 0 Å². The van der Waals surface area contributed by atoms with Crippen LogP contribution in [-0.4, -0.2) is 5.78 Å². The Morgan fingerprint density at radius 3 is 1.52 bits per heavy atom. The van der Waals surface area contributed by atoms with Crippen molar-refractivity contribution in [1.29, 1.82) is 0 Å². The van der Waals surface area contributed by atoms with Crippen LogP contribution >= 0.6 is 0 Å². The molecule has 2 atom stereocenters. The molecule has 1 heteroatoms. The van der Waals surface area contributed by atoms with Crippen LogP contribution in [0.4, 0.5) is 0 Å². The van der Waals surface area contributed by atoms with E-state index in [4.69, 9.17) is 0 Å². The average Bonchev–Trinajstić information content (AvgIpc) is 2.42. The van der Waals surface area contributed by atoms with Crippen LogP contribution in [0.5, 0.6) is 0 Å². The highest BCUT2D eigenvalue weighted by atomic mass is 16.1. The smallest absolute Gasteiger partial charge is 0.142 e. The summed E-state index contributed by atoms with van der Waals surface area (Å²) in [5, 5.41) is 0. The molecule has 8 aliphatic carbocycles. The predicted octanol–water partition coefficient (Wildman–Crippen LogP) is 4.60. The van der Waals surface area contributed by atoms with E-state index in [1.165, 1.54) is 70.6 Å². The summed E-state index contributed by atoms with van der Waals surface area (Å²) < 4.78 is 0. The summed E-state index contributed by atoms with van der Waals surface area (Å²) in [5.41, 5.74) is 0.659. The van der Waals surface area contributed by atoms with Gasteiger partial charge in [-0.3, -0.25) is 4.79 Å². The maximum atomic E-state index is 13.4. The SMILES string of the molecule is O=C1C2CC3CC(C2)CC1(C12CC4CC(CC(C4)C1)C2)C3. The molecule has 8 bridgehead atoms. The molecule has 0 N–H and O–H groups in total. The van der Waals surface area contributed by atoms with Gasteiger partial charge in [-0.15, -0.1) is 0 Å². The fraction of sp³-hybridized carbons (Fsp3) is 0.950. The van der Waals surface area contributed by atoms with Crippen LogP contribution in [0.25, 0.3) is 0 Å². The second kappa shape index (κ2) is 3.60. The van der Waals surface area contributed by atoms with E-state index in [2.05, 4.69) is 0 Å². The minimum atomic E-state index is 0.178. The zero-order valence-corrected chi connectivity index (χ0v) is 13.2. The Labute approximate surface area is 128 Å². The molecule has 0 saturated heterocycles. The molecule has 0 spiro atoms. The summed E-state index contributed by atoms with van der Waals surface area (Å²) in [6.45, 7) is 0. The van der Waals surface area contributed by atoms with Gasteiger partial charge in [-0.2, -0.15) is 0 Å². The van der Waals surface area contributed by atoms with E-state index < -0.39 is 0 Å². The van der Waals surface area contributed by atoms with Crippen LogP contribution in [0.3, 0.4) is 0 Å². The quantitative estimate of drug-likeness (QED) is 0.688. The minimum absolute atomic E-state index is 0.178. The molecule has 21 heavy (non-hydrogen) atoms. The zero-order chi connectivity index (χ0) is 13.8. The van der Waals surface area contributed by atoms with Gasteiger partial charge in [0.05, 0.1) is 0 Å². The zero-order valence-electron chi connectivity index (χ0n) is 13.2. The standard InChI is InChI=1S/C20H28O/c21-18-17-5-15-4-16(6-17)11-20(18,10-15)19-7-12-1-13(8-19)3-14(2-12)9-19/h12-17H,1-11H2. The van der Waals surface area contributed by atoms with Gasteiger partial charge in [0, 0.05) is 11.3 Å². The van der Waals surface area contributed by atoms with Crippen molar-refractivity contribution >= 4 is 5.78 Å². The fourth-order valence-electron chi connectivity index (χ4n) is 9.16. The number of carbonyl (C=O) groups excluding carboxylic acids is 1. The van der Waals surface area contributed by atoms with Crippen molar-refractivity contribution in [2.45, 2.75) is 70.6 Å². The third kappa shape index (κ3) is 1.34. The van der Waals surface area contributed by atoms with Crippen LogP contribution in [0.1, 0.15) is 70.6 Å². The van der Waals surface area contributed by atoms with Crippen LogP contribution in [0, 0.1) is 46.3 Å². The van der Waals surface area contributed by atoms with Gasteiger partial charge in [0.2, 0.25) is 0 Å². The molecular weight excluding hydrogens is 256 g/mol. The Hall–Kier alpha value is -0.330. The first kappa shape index (κ1) is 12.1. The highest BCUT2D eigenvalue weighted by Gasteiger charge is 2.68. The van der Waals surface area contributed by atoms with Crippen molar-refractivity contribution < 1.29 is 4.79 Å². The van der Waals surface area contributed by atoms with E-state index in [0.717, 1.165) is 35.4 Å². The molecule has 1 nitrogen and oxygen atoms in total. The summed E-state index contributed by atoms with van der Waals surface area (Å²) in [4.78, 5) is 13.4. The van der Waals surface area contributed by atoms with Crippen molar-refractivity contribution in [3.05, 3.63) is 0 Å². The number of carbonyl (C=O) groups is 1. The van der Waals surface area contributed by atoms with E-state index in [9.17, 15) is 4.79 Å². The second-order valence-electron chi connectivity index (χ2n) is 10.2. The molecule has 8 saturated carbocycles. The topological polar surface area (TPSA) is 17.1 Å². The van der Waals surface area contributed by atoms with Gasteiger partial charge < -0.3 is 0 Å². The van der Waals surface area contributed by atoms with Crippen molar-refractivity contribution in [2.75, 3.05) is 0 Å². The molecular formula is C20H28O. The molecule has 0 aromatic carbocycles. The first-order valence-electron chi connectivity index (χ1n) is 9.70. The van der Waals surface area contributed by atoms with E-state index in [0.29, 0.717) is 11.3 Å². The van der Waals surface area contributed by atoms with E-state index in [1.54, 1.807) is 0 Å². The number of hydrogen-bond acceptors (Lipinski definition) is 1. The van der Waals surface area contributed by atoms with E-state index in [-0.39, 0.29) is 5.41 Å². The number of ketones is 1. The van der Waals surface area contributed by atoms with Gasteiger partial charge in [0.1, 0.15) is 5.78 Å². The van der Waals surface area contributed by atoms with Crippen LogP contribution in [-0.2, 0) is 4.79 Å². The predicted molar refractivity (Wildman–Crippen MR) is 81.6 cm³/mol. The van der Waals surface area contributed by atoms with Gasteiger partial charge >= 0.3 is 0 Å². The summed E-state index contributed by atoms with van der Waals surface area (Å²) in [6, 6.07) is 0. The molecule has 0 aliphatic heterocycles. The second-order valence-corrected chi connectivity index (χ2v) is 10.2. The lowest BCUT2D eigenvalue weighted by Gasteiger charge is -2.69. The number of Topliss-reactive ketones (excluding diaryl/α,β-unsaturated/α-hetero) is 1. The first-order chi connectivity index (χ1) is 10.2. The Morgan fingerprint density at radius 2 is 1.05 bits per heavy atom. The average molecular weight is 284 g/mol. The van der Waals surface area contributed by atoms with Crippen LogP contribution in [0.2, 0.25) is 0 Å². The fourth-order valence-corrected chi connectivity index (χ4v) is 9.16. The van der Waals surface area contributed by atoms with Gasteiger partial charge in [-0.25, -0.2) is 0 Å². The summed E-state index contributed by atoms with van der Waals surface area (Å²) >= 11 is 0. The maximum absolute atomic E-state index is 13.4. The van der Waals surface area contributed by atoms with Crippen LogP contribution < -0.4 is 0 Å². The Morgan fingerprint density at radius 1 is 0.619 bits per heavy atom. The normalized spacial score (nSPS) is 63.5. The summed E-state index contributed by atoms with van der Waals surface area (Å²) in [5.74, 6) is 6.11. The Bertz CT molecular complexity index is 469. The van der Waals surface area contributed by atoms with Crippen LogP contribution in [0.15, 0.2) is 0 Å². The van der Waals surface area contributed by atoms with Crippen molar-refractivity contribution in [1.82, 2.24) is 0 Å². The Kier molecular flexibility index (Phi) is 2.08. The molecule has 8 aliphatic rings. The Balaban J connectivity index is 1.48. The van der Waals surface area contributed by atoms with Crippen molar-refractivity contribution in [2.24, 2.45) is 46.3 Å². The van der Waals surface area contributed by atoms with Gasteiger partial charge in [-0.1, -0.05) is 0 Å². The van der Waals surface area contributed by atoms with E-state index in [1.807, 2.05) is 0 Å². The highest BCUT2D eigenvalue weighted by Crippen LogP contribution is 2.73. The van der Waals surface area contributed by atoms with Crippen molar-refractivity contribution in [3.63, 3.8) is 0 Å². The highest BCUT2D eigenvalue weighted by molar-refractivity contribution is 5.90. The molecule has 0 radical (unpaired) electrons. The van der Waals surface area contributed by atoms with Crippen molar-refractivity contribution in [3.8, 4) is 0 Å². The molecule has 0 aromatic rings. The first-order valence-corrected chi connectivity index (χ1v) is 9.70. The van der Waals surface area contributed by atoms with Gasteiger partial charge in [0.15, 0.2) is 0 Å². The molecule has 114 valence electrons. The molecule has 8 fully saturated rings. The number of hydrogen-bond donors (Lipinski definition) is 0. The largest absolute Gasteiger partial charge is 0.299 e. The monoisotopic (exact) mass is 284 g/mol. The molecule has 0 aromatic heterocycles. The summed E-state index contributed by atoms with van der Waals surface area (Å²) in [6.07, 6.45) is 15.5. The third-order valence-electron chi connectivity index (χ3n) is 9.07. The molecule has 0 amide bonds. The lowest BCUT2D eigenvalue weighted by molar-refractivity contribution is -0.199. The lowest BCUT2D eigenvalue weighted by atomic mass is 9.34. The molecule has 0 heterocycles. The molecule has 8 rings (SSSR count). The minimum Gasteiger partial charge on any atom is -0.299 e. The number of rotatable bonds is 1. The summed E-state index contributed by atoms with van der Waals surface area (Å²) in [7, 11) is 0. The lowest BCUT2D eigenvalue weighted by Crippen LogP contribution is -2.64. The van der Waals surface area contributed by atoms with Gasteiger partial charge in [-0.05, 0) is 106 Å². The molecule has 2 unspecified atom stereocenters. The third-order valence-corrected chi connectivity index (χ3v) is 9.07. The van der Waals surface area contributed by atoms with Gasteiger partial charge in [0.25, 0.3) is 0 Å².